The standard InChI is InChI=1S/C14H21N3O/c1-14(11-15)7-2-10-17(14)13(18)4-3-12-5-8-16-9-6-12/h5-6,8-9H,2-4,7,10-11,15H2,1H3. The number of rotatable bonds is 4. The van der Waals surface area contributed by atoms with E-state index in [0.717, 1.165) is 31.4 Å². The molecule has 1 amide bonds. The van der Waals surface area contributed by atoms with Gasteiger partial charge in [-0.1, -0.05) is 0 Å². The number of carbonyl (C=O) groups excluding carboxylic acids is 1. The van der Waals surface area contributed by atoms with Crippen LogP contribution in [0, 0.1) is 0 Å². The third-order valence-electron chi connectivity index (χ3n) is 3.87. The number of nitrogens with zero attached hydrogens (tertiary/aromatic N) is 2. The maximum absolute atomic E-state index is 12.2. The van der Waals surface area contributed by atoms with Gasteiger partial charge < -0.3 is 10.6 Å². The van der Waals surface area contributed by atoms with Gasteiger partial charge in [-0.3, -0.25) is 9.78 Å². The summed E-state index contributed by atoms with van der Waals surface area (Å²) in [5.74, 6) is 0.220. The molecule has 0 aliphatic carbocycles. The number of aromatic nitrogens is 1. The van der Waals surface area contributed by atoms with Crippen LogP contribution in [0.2, 0.25) is 0 Å². The molecule has 1 fully saturated rings. The number of hydrogen-bond donors (Lipinski definition) is 1. The number of carbonyl (C=O) groups is 1. The molecule has 0 aromatic carbocycles. The van der Waals surface area contributed by atoms with E-state index < -0.39 is 0 Å². The molecule has 4 nitrogen and oxygen atoms in total. The van der Waals surface area contributed by atoms with Gasteiger partial charge >= 0.3 is 0 Å². The van der Waals surface area contributed by atoms with Crippen molar-refractivity contribution in [1.82, 2.24) is 9.88 Å². The highest BCUT2D eigenvalue weighted by atomic mass is 16.2. The van der Waals surface area contributed by atoms with Crippen molar-refractivity contribution < 1.29 is 4.79 Å². The normalized spacial score (nSPS) is 23.3. The highest BCUT2D eigenvalue weighted by Gasteiger charge is 2.37. The minimum absolute atomic E-state index is 0.130. The van der Waals surface area contributed by atoms with Crippen LogP contribution in [0.3, 0.4) is 0 Å². The van der Waals surface area contributed by atoms with E-state index in [2.05, 4.69) is 11.9 Å². The zero-order chi connectivity index (χ0) is 13.0. The molecular formula is C14H21N3O. The van der Waals surface area contributed by atoms with E-state index in [-0.39, 0.29) is 11.4 Å². The van der Waals surface area contributed by atoms with E-state index in [1.807, 2.05) is 17.0 Å². The topological polar surface area (TPSA) is 59.2 Å². The van der Waals surface area contributed by atoms with E-state index in [1.54, 1.807) is 12.4 Å². The number of hydrogen-bond acceptors (Lipinski definition) is 3. The number of pyridine rings is 1. The van der Waals surface area contributed by atoms with Gasteiger partial charge in [-0.15, -0.1) is 0 Å². The van der Waals surface area contributed by atoms with Crippen molar-refractivity contribution in [3.05, 3.63) is 30.1 Å². The number of nitrogens with two attached hydrogens (primary N) is 1. The Labute approximate surface area is 108 Å². The monoisotopic (exact) mass is 247 g/mol. The smallest absolute Gasteiger partial charge is 0.223 e. The van der Waals surface area contributed by atoms with Gasteiger partial charge in [-0.2, -0.15) is 0 Å². The largest absolute Gasteiger partial charge is 0.336 e. The van der Waals surface area contributed by atoms with E-state index in [0.29, 0.717) is 13.0 Å². The zero-order valence-electron chi connectivity index (χ0n) is 10.9. The molecule has 0 saturated carbocycles. The Morgan fingerprint density at radius 1 is 1.50 bits per heavy atom. The Balaban J connectivity index is 1.92. The molecule has 1 unspecified atom stereocenters. The van der Waals surface area contributed by atoms with Crippen LogP contribution in [-0.4, -0.2) is 34.4 Å². The van der Waals surface area contributed by atoms with Crippen molar-refractivity contribution >= 4 is 5.91 Å². The fourth-order valence-electron chi connectivity index (χ4n) is 2.60. The first-order valence-corrected chi connectivity index (χ1v) is 6.55. The molecule has 1 aromatic rings. The lowest BCUT2D eigenvalue weighted by atomic mass is 9.98. The van der Waals surface area contributed by atoms with Gasteiger partial charge in [-0.25, -0.2) is 0 Å². The quantitative estimate of drug-likeness (QED) is 0.873. The van der Waals surface area contributed by atoms with Crippen molar-refractivity contribution in [2.24, 2.45) is 5.73 Å². The van der Waals surface area contributed by atoms with Crippen LogP contribution in [0.1, 0.15) is 31.7 Å². The van der Waals surface area contributed by atoms with E-state index in [4.69, 9.17) is 5.73 Å². The summed E-state index contributed by atoms with van der Waals surface area (Å²) in [5, 5.41) is 0. The first-order valence-electron chi connectivity index (χ1n) is 6.55. The Bertz CT molecular complexity index is 407. The van der Waals surface area contributed by atoms with Crippen LogP contribution in [0.5, 0.6) is 0 Å². The van der Waals surface area contributed by atoms with Crippen molar-refractivity contribution in [3.8, 4) is 0 Å². The molecule has 18 heavy (non-hydrogen) atoms. The molecular weight excluding hydrogens is 226 g/mol. The van der Waals surface area contributed by atoms with Crippen molar-refractivity contribution in [2.75, 3.05) is 13.1 Å². The summed E-state index contributed by atoms with van der Waals surface area (Å²) in [7, 11) is 0. The Morgan fingerprint density at radius 2 is 2.22 bits per heavy atom. The highest BCUT2D eigenvalue weighted by molar-refractivity contribution is 5.77. The van der Waals surface area contributed by atoms with Gasteiger partial charge in [0.25, 0.3) is 0 Å². The third-order valence-corrected chi connectivity index (χ3v) is 3.87. The van der Waals surface area contributed by atoms with Gasteiger partial charge in [0.15, 0.2) is 0 Å². The first kappa shape index (κ1) is 13.0. The first-order chi connectivity index (χ1) is 8.65. The lowest BCUT2D eigenvalue weighted by molar-refractivity contribution is -0.134. The molecule has 0 bridgehead atoms. The van der Waals surface area contributed by atoms with Crippen LogP contribution < -0.4 is 5.73 Å². The summed E-state index contributed by atoms with van der Waals surface area (Å²) in [6.45, 7) is 3.49. The summed E-state index contributed by atoms with van der Waals surface area (Å²) in [5.41, 5.74) is 6.83. The minimum atomic E-state index is -0.130. The molecule has 1 atom stereocenters. The maximum Gasteiger partial charge on any atom is 0.223 e. The van der Waals surface area contributed by atoms with E-state index in [1.165, 1.54) is 0 Å². The van der Waals surface area contributed by atoms with Gasteiger partial charge in [0.05, 0.1) is 5.54 Å². The predicted molar refractivity (Wildman–Crippen MR) is 71.0 cm³/mol. The fraction of sp³-hybridized carbons (Fsp3) is 0.571. The number of amides is 1. The maximum atomic E-state index is 12.2. The van der Waals surface area contributed by atoms with Gasteiger partial charge in [0.1, 0.15) is 0 Å². The average Bonchev–Trinajstić information content (AvgIpc) is 2.80. The summed E-state index contributed by atoms with van der Waals surface area (Å²) in [6, 6.07) is 3.92. The Kier molecular flexibility index (Phi) is 3.97. The second-order valence-electron chi connectivity index (χ2n) is 5.21. The third kappa shape index (κ3) is 2.70. The second kappa shape index (κ2) is 5.48. The fourth-order valence-corrected chi connectivity index (χ4v) is 2.60. The van der Waals surface area contributed by atoms with Crippen molar-refractivity contribution in [2.45, 2.75) is 38.1 Å². The van der Waals surface area contributed by atoms with Crippen molar-refractivity contribution in [3.63, 3.8) is 0 Å². The molecule has 98 valence electrons. The molecule has 1 aliphatic heterocycles. The van der Waals surface area contributed by atoms with Gasteiger partial charge in [-0.05, 0) is 43.9 Å². The Hall–Kier alpha value is -1.42. The zero-order valence-corrected chi connectivity index (χ0v) is 10.9. The molecule has 2 N–H and O–H groups in total. The molecule has 2 rings (SSSR count). The minimum Gasteiger partial charge on any atom is -0.336 e. The number of aryl methyl sites for hydroxylation is 1. The highest BCUT2D eigenvalue weighted by Crippen LogP contribution is 2.28. The molecule has 0 spiro atoms. The molecule has 1 saturated heterocycles. The average molecular weight is 247 g/mol. The molecule has 1 aromatic heterocycles. The van der Waals surface area contributed by atoms with Crippen LogP contribution in [0.25, 0.3) is 0 Å². The van der Waals surface area contributed by atoms with Crippen LogP contribution in [0.15, 0.2) is 24.5 Å². The second-order valence-corrected chi connectivity index (χ2v) is 5.21. The summed E-state index contributed by atoms with van der Waals surface area (Å²) < 4.78 is 0. The summed E-state index contributed by atoms with van der Waals surface area (Å²) in [4.78, 5) is 18.2. The number of likely N-dealkylation sites (tertiary alicyclic amines) is 1. The molecule has 0 radical (unpaired) electrons. The Morgan fingerprint density at radius 3 is 2.89 bits per heavy atom. The van der Waals surface area contributed by atoms with Crippen LogP contribution >= 0.6 is 0 Å². The lowest BCUT2D eigenvalue weighted by Gasteiger charge is -2.34. The predicted octanol–water partition coefficient (Wildman–Crippen LogP) is 1.35. The van der Waals surface area contributed by atoms with E-state index in [9.17, 15) is 4.79 Å². The SMILES string of the molecule is CC1(CN)CCCN1C(=O)CCc1ccncc1. The summed E-state index contributed by atoms with van der Waals surface area (Å²) >= 11 is 0. The molecule has 1 aliphatic rings. The van der Waals surface area contributed by atoms with Crippen LogP contribution in [0.4, 0.5) is 0 Å². The lowest BCUT2D eigenvalue weighted by Crippen LogP contribution is -2.50. The molecule has 2 heterocycles. The van der Waals surface area contributed by atoms with Crippen molar-refractivity contribution in [1.29, 1.82) is 0 Å². The van der Waals surface area contributed by atoms with Gasteiger partial charge in [0, 0.05) is 31.9 Å². The van der Waals surface area contributed by atoms with Crippen LogP contribution in [-0.2, 0) is 11.2 Å². The van der Waals surface area contributed by atoms with Gasteiger partial charge in [0.2, 0.25) is 5.91 Å². The summed E-state index contributed by atoms with van der Waals surface area (Å²) in [6.07, 6.45) is 6.94. The van der Waals surface area contributed by atoms with E-state index >= 15 is 0 Å². The molecule has 4 heteroatoms.